The largest absolute Gasteiger partial charge is 0.349 e. The molecule has 1 aliphatic rings. The highest BCUT2D eigenvalue weighted by atomic mass is 16.2. The minimum absolute atomic E-state index is 0.115. The van der Waals surface area contributed by atoms with Crippen molar-refractivity contribution in [1.29, 1.82) is 0 Å². The third-order valence-electron chi connectivity index (χ3n) is 3.59. The molecule has 6 heteroatoms. The Labute approximate surface area is 94.2 Å². The van der Waals surface area contributed by atoms with E-state index in [2.05, 4.69) is 32.9 Å². The Kier molecular flexibility index (Phi) is 3.17. The zero-order valence-corrected chi connectivity index (χ0v) is 9.49. The van der Waals surface area contributed by atoms with Gasteiger partial charge in [-0.2, -0.15) is 5.21 Å². The number of amides is 1. The van der Waals surface area contributed by atoms with Gasteiger partial charge < -0.3 is 5.32 Å². The van der Waals surface area contributed by atoms with Crippen molar-refractivity contribution >= 4 is 5.91 Å². The lowest BCUT2D eigenvalue weighted by molar-refractivity contribution is 0.0918. The van der Waals surface area contributed by atoms with Crippen LogP contribution in [-0.2, 0) is 0 Å². The maximum absolute atomic E-state index is 11.6. The molecule has 2 N–H and O–H groups in total. The van der Waals surface area contributed by atoms with E-state index in [1.807, 2.05) is 0 Å². The quantitative estimate of drug-likeness (QED) is 0.794. The molecule has 2 rings (SSSR count). The predicted octanol–water partition coefficient (Wildman–Crippen LogP) is 0.900. The molecule has 0 aliphatic heterocycles. The molecule has 1 heterocycles. The molecule has 0 radical (unpaired) electrons. The van der Waals surface area contributed by atoms with E-state index in [1.165, 1.54) is 25.7 Å². The summed E-state index contributed by atoms with van der Waals surface area (Å²) in [6.45, 7) is 2.91. The van der Waals surface area contributed by atoms with E-state index in [0.717, 1.165) is 13.0 Å². The van der Waals surface area contributed by atoms with Gasteiger partial charge in [-0.1, -0.05) is 19.8 Å². The fourth-order valence-electron chi connectivity index (χ4n) is 2.39. The van der Waals surface area contributed by atoms with Crippen molar-refractivity contribution in [2.24, 2.45) is 5.41 Å². The summed E-state index contributed by atoms with van der Waals surface area (Å²) in [5.41, 5.74) is 0.291. The Morgan fingerprint density at radius 3 is 2.81 bits per heavy atom. The van der Waals surface area contributed by atoms with Crippen molar-refractivity contribution in [3.8, 4) is 0 Å². The summed E-state index contributed by atoms with van der Waals surface area (Å²) in [7, 11) is 0. The lowest BCUT2D eigenvalue weighted by Crippen LogP contribution is -2.36. The van der Waals surface area contributed by atoms with Crippen LogP contribution in [0.5, 0.6) is 0 Å². The normalized spacial score (nSPS) is 18.6. The predicted molar refractivity (Wildman–Crippen MR) is 57.7 cm³/mol. The molecule has 0 atom stereocenters. The number of rotatable bonds is 4. The van der Waals surface area contributed by atoms with Gasteiger partial charge in [-0.05, 0) is 29.9 Å². The number of tetrazole rings is 1. The van der Waals surface area contributed by atoms with E-state index >= 15 is 0 Å². The van der Waals surface area contributed by atoms with Gasteiger partial charge in [0.2, 0.25) is 0 Å². The average Bonchev–Trinajstić information content (AvgIpc) is 2.98. The Bertz CT molecular complexity index is 342. The van der Waals surface area contributed by atoms with E-state index < -0.39 is 0 Å². The van der Waals surface area contributed by atoms with Crippen LogP contribution in [-0.4, -0.2) is 33.1 Å². The fourth-order valence-corrected chi connectivity index (χ4v) is 2.39. The van der Waals surface area contributed by atoms with Crippen LogP contribution in [0.3, 0.4) is 0 Å². The van der Waals surface area contributed by atoms with Crippen molar-refractivity contribution in [3.05, 3.63) is 5.82 Å². The number of nitrogens with one attached hydrogen (secondary N) is 2. The Morgan fingerprint density at radius 2 is 2.25 bits per heavy atom. The van der Waals surface area contributed by atoms with Gasteiger partial charge in [0.25, 0.3) is 11.7 Å². The van der Waals surface area contributed by atoms with Gasteiger partial charge in [0, 0.05) is 6.54 Å². The zero-order valence-electron chi connectivity index (χ0n) is 9.49. The van der Waals surface area contributed by atoms with Crippen LogP contribution in [0.25, 0.3) is 0 Å². The van der Waals surface area contributed by atoms with Crippen LogP contribution >= 0.6 is 0 Å². The third kappa shape index (κ3) is 2.20. The molecule has 88 valence electrons. The Morgan fingerprint density at radius 1 is 1.50 bits per heavy atom. The maximum atomic E-state index is 11.6. The molecule has 1 saturated carbocycles. The number of hydrogen-bond donors (Lipinski definition) is 2. The lowest BCUT2D eigenvalue weighted by Gasteiger charge is -2.27. The van der Waals surface area contributed by atoms with Crippen LogP contribution in [0, 0.1) is 5.41 Å². The smallest absolute Gasteiger partial charge is 0.292 e. The molecule has 0 aromatic carbocycles. The number of carbonyl (C=O) groups excluding carboxylic acids is 1. The summed E-state index contributed by atoms with van der Waals surface area (Å²) in [5.74, 6) is -0.127. The summed E-state index contributed by atoms with van der Waals surface area (Å²) >= 11 is 0. The fraction of sp³-hybridized carbons (Fsp3) is 0.800. The molecule has 1 amide bonds. The van der Waals surface area contributed by atoms with Crippen LogP contribution in [0.15, 0.2) is 0 Å². The highest BCUT2D eigenvalue weighted by Crippen LogP contribution is 2.40. The minimum atomic E-state index is -0.242. The minimum Gasteiger partial charge on any atom is -0.349 e. The van der Waals surface area contributed by atoms with Gasteiger partial charge in [0.1, 0.15) is 0 Å². The maximum Gasteiger partial charge on any atom is 0.292 e. The van der Waals surface area contributed by atoms with E-state index in [-0.39, 0.29) is 11.7 Å². The van der Waals surface area contributed by atoms with E-state index in [1.54, 1.807) is 0 Å². The molecular weight excluding hydrogens is 206 g/mol. The van der Waals surface area contributed by atoms with Gasteiger partial charge in [0.05, 0.1) is 0 Å². The van der Waals surface area contributed by atoms with Crippen molar-refractivity contribution in [3.63, 3.8) is 0 Å². The van der Waals surface area contributed by atoms with Crippen molar-refractivity contribution < 1.29 is 4.79 Å². The molecule has 1 aliphatic carbocycles. The molecule has 16 heavy (non-hydrogen) atoms. The van der Waals surface area contributed by atoms with Gasteiger partial charge in [0.15, 0.2) is 0 Å². The molecule has 1 aromatic rings. The lowest BCUT2D eigenvalue weighted by atomic mass is 9.83. The Hall–Kier alpha value is -1.46. The monoisotopic (exact) mass is 223 g/mol. The van der Waals surface area contributed by atoms with Crippen LogP contribution < -0.4 is 5.32 Å². The highest BCUT2D eigenvalue weighted by molar-refractivity contribution is 5.90. The second kappa shape index (κ2) is 4.59. The average molecular weight is 223 g/mol. The summed E-state index contributed by atoms with van der Waals surface area (Å²) < 4.78 is 0. The number of aromatic amines is 1. The van der Waals surface area contributed by atoms with Crippen molar-refractivity contribution in [2.75, 3.05) is 6.54 Å². The van der Waals surface area contributed by atoms with Crippen LogP contribution in [0.1, 0.15) is 49.6 Å². The standard InChI is InChI=1S/C10H17N5O/c1-2-10(5-3-4-6-10)7-11-9(16)8-12-14-15-13-8/h2-7H2,1H3,(H,11,16)(H,12,13,14,15). The first kappa shape index (κ1) is 11.0. The third-order valence-corrected chi connectivity index (χ3v) is 3.59. The first-order valence-electron chi connectivity index (χ1n) is 5.77. The zero-order chi connectivity index (χ0) is 11.4. The molecule has 1 fully saturated rings. The van der Waals surface area contributed by atoms with Gasteiger partial charge in [-0.25, -0.2) is 0 Å². The van der Waals surface area contributed by atoms with Crippen LogP contribution in [0.4, 0.5) is 0 Å². The molecule has 0 unspecified atom stereocenters. The molecular formula is C10H17N5O. The second-order valence-electron chi connectivity index (χ2n) is 4.48. The van der Waals surface area contributed by atoms with E-state index in [4.69, 9.17) is 0 Å². The molecule has 0 saturated heterocycles. The van der Waals surface area contributed by atoms with Crippen molar-refractivity contribution in [1.82, 2.24) is 25.9 Å². The molecule has 0 bridgehead atoms. The molecule has 6 nitrogen and oxygen atoms in total. The topological polar surface area (TPSA) is 83.6 Å². The van der Waals surface area contributed by atoms with Gasteiger partial charge in [-0.3, -0.25) is 4.79 Å². The van der Waals surface area contributed by atoms with Gasteiger partial charge >= 0.3 is 0 Å². The number of carbonyl (C=O) groups is 1. The first-order chi connectivity index (χ1) is 7.76. The summed E-state index contributed by atoms with van der Waals surface area (Å²) in [5, 5.41) is 15.8. The molecule has 1 aromatic heterocycles. The highest BCUT2D eigenvalue weighted by Gasteiger charge is 2.32. The number of hydrogen-bond acceptors (Lipinski definition) is 4. The SMILES string of the molecule is CCC1(CNC(=O)c2nn[nH]n2)CCCC1. The van der Waals surface area contributed by atoms with E-state index in [9.17, 15) is 4.79 Å². The van der Waals surface area contributed by atoms with Crippen molar-refractivity contribution in [2.45, 2.75) is 39.0 Å². The summed E-state index contributed by atoms with van der Waals surface area (Å²) in [6.07, 6.45) is 6.06. The number of nitrogens with zero attached hydrogens (tertiary/aromatic N) is 3. The number of H-pyrrole nitrogens is 1. The van der Waals surface area contributed by atoms with Crippen LogP contribution in [0.2, 0.25) is 0 Å². The van der Waals surface area contributed by atoms with E-state index in [0.29, 0.717) is 5.41 Å². The molecule has 0 spiro atoms. The summed E-state index contributed by atoms with van der Waals surface area (Å²) in [6, 6.07) is 0. The Balaban J connectivity index is 1.89. The number of aromatic nitrogens is 4. The summed E-state index contributed by atoms with van der Waals surface area (Å²) in [4.78, 5) is 11.6. The first-order valence-corrected chi connectivity index (χ1v) is 5.77. The second-order valence-corrected chi connectivity index (χ2v) is 4.48. The van der Waals surface area contributed by atoms with Gasteiger partial charge in [-0.15, -0.1) is 10.2 Å².